The minimum atomic E-state index is -0.906. The number of anilines is 1. The third kappa shape index (κ3) is 5.09. The summed E-state index contributed by atoms with van der Waals surface area (Å²) in [7, 11) is 0. The molecule has 2 N–H and O–H groups in total. The summed E-state index contributed by atoms with van der Waals surface area (Å²) >= 11 is 3.28. The van der Waals surface area contributed by atoms with Crippen molar-refractivity contribution in [3.05, 3.63) is 22.8 Å². The van der Waals surface area contributed by atoms with Crippen molar-refractivity contribution in [2.24, 2.45) is 0 Å². The molecule has 7 heteroatoms. The smallest absolute Gasteiger partial charge is 0.317 e. The zero-order valence-corrected chi connectivity index (χ0v) is 13.2. The van der Waals surface area contributed by atoms with Gasteiger partial charge in [-0.05, 0) is 40.9 Å². The highest BCUT2D eigenvalue weighted by Gasteiger charge is 2.26. The van der Waals surface area contributed by atoms with Gasteiger partial charge in [0.2, 0.25) is 5.91 Å². The van der Waals surface area contributed by atoms with Crippen LogP contribution in [0.25, 0.3) is 0 Å². The molecule has 1 heterocycles. The second-order valence-electron chi connectivity index (χ2n) is 5.15. The predicted octanol–water partition coefficient (Wildman–Crippen LogP) is 2.11. The Labute approximate surface area is 131 Å². The van der Waals surface area contributed by atoms with Gasteiger partial charge >= 0.3 is 5.97 Å². The molecule has 1 aromatic rings. The number of hydrogen-bond donors (Lipinski definition) is 2. The van der Waals surface area contributed by atoms with Crippen LogP contribution in [0, 0.1) is 0 Å². The summed E-state index contributed by atoms with van der Waals surface area (Å²) < 4.78 is 0.832. The van der Waals surface area contributed by atoms with Gasteiger partial charge in [-0.2, -0.15) is 0 Å². The predicted molar refractivity (Wildman–Crippen MR) is 82.0 cm³/mol. The number of carboxylic acids is 1. The Balaban J connectivity index is 1.93. The van der Waals surface area contributed by atoms with Gasteiger partial charge in [0.05, 0.1) is 13.1 Å². The number of aromatic nitrogens is 1. The molecule has 1 aliphatic rings. The molecule has 6 nitrogen and oxygen atoms in total. The second-order valence-corrected chi connectivity index (χ2v) is 6.06. The van der Waals surface area contributed by atoms with Crippen LogP contribution in [0.1, 0.15) is 25.7 Å². The summed E-state index contributed by atoms with van der Waals surface area (Å²) in [6.07, 6.45) is 5.70. The Bertz CT molecular complexity index is 501. The minimum Gasteiger partial charge on any atom is -0.480 e. The molecule has 1 fully saturated rings. The zero-order chi connectivity index (χ0) is 15.2. The van der Waals surface area contributed by atoms with Crippen molar-refractivity contribution in [2.45, 2.75) is 31.7 Å². The number of amides is 1. The monoisotopic (exact) mass is 355 g/mol. The van der Waals surface area contributed by atoms with E-state index in [4.69, 9.17) is 5.11 Å². The van der Waals surface area contributed by atoms with Crippen LogP contribution in [0.4, 0.5) is 5.82 Å². The Hall–Kier alpha value is -1.47. The number of carbonyl (C=O) groups is 2. The van der Waals surface area contributed by atoms with E-state index in [9.17, 15) is 9.59 Å². The molecule has 0 radical (unpaired) electrons. The molecule has 1 amide bonds. The number of aliphatic carboxylic acids is 1. The van der Waals surface area contributed by atoms with E-state index in [-0.39, 0.29) is 25.0 Å². The van der Waals surface area contributed by atoms with Crippen molar-refractivity contribution in [1.29, 1.82) is 0 Å². The number of pyridine rings is 1. The van der Waals surface area contributed by atoms with E-state index in [1.165, 1.54) is 0 Å². The van der Waals surface area contributed by atoms with E-state index >= 15 is 0 Å². The summed E-state index contributed by atoms with van der Waals surface area (Å²) in [6, 6.07) is 3.66. The first kappa shape index (κ1) is 15.9. The van der Waals surface area contributed by atoms with E-state index in [2.05, 4.69) is 26.2 Å². The first-order valence-electron chi connectivity index (χ1n) is 6.92. The lowest BCUT2D eigenvalue weighted by Crippen LogP contribution is -2.42. The average Bonchev–Trinajstić information content (AvgIpc) is 2.94. The van der Waals surface area contributed by atoms with Gasteiger partial charge in [-0.3, -0.25) is 14.5 Å². The van der Waals surface area contributed by atoms with Crippen LogP contribution >= 0.6 is 15.9 Å². The number of nitrogens with one attached hydrogen (secondary N) is 1. The van der Waals surface area contributed by atoms with Gasteiger partial charge in [-0.15, -0.1) is 0 Å². The lowest BCUT2D eigenvalue weighted by atomic mass is 10.2. The minimum absolute atomic E-state index is 0.0781. The van der Waals surface area contributed by atoms with Gasteiger partial charge in [0.25, 0.3) is 0 Å². The maximum absolute atomic E-state index is 12.0. The Morgan fingerprint density at radius 1 is 1.33 bits per heavy atom. The van der Waals surface area contributed by atoms with Crippen LogP contribution in [0.5, 0.6) is 0 Å². The quantitative estimate of drug-likeness (QED) is 0.816. The number of rotatable bonds is 6. The fourth-order valence-electron chi connectivity index (χ4n) is 2.57. The van der Waals surface area contributed by atoms with Crippen LogP contribution in [-0.4, -0.2) is 46.0 Å². The maximum Gasteiger partial charge on any atom is 0.317 e. The molecule has 0 saturated heterocycles. The summed E-state index contributed by atoms with van der Waals surface area (Å²) in [5.41, 5.74) is 0. The van der Waals surface area contributed by atoms with Gasteiger partial charge in [0.1, 0.15) is 5.82 Å². The molecule has 0 aromatic carbocycles. The summed E-state index contributed by atoms with van der Waals surface area (Å²) in [4.78, 5) is 28.8. The normalized spacial score (nSPS) is 15.3. The van der Waals surface area contributed by atoms with Crippen LogP contribution in [0.3, 0.4) is 0 Å². The Kier molecular flexibility index (Phi) is 5.69. The molecule has 0 aliphatic heterocycles. The molecular weight excluding hydrogens is 338 g/mol. The van der Waals surface area contributed by atoms with Crippen LogP contribution in [0.15, 0.2) is 22.8 Å². The van der Waals surface area contributed by atoms with Gasteiger partial charge < -0.3 is 10.4 Å². The summed E-state index contributed by atoms with van der Waals surface area (Å²) in [6.45, 7) is -0.0272. The number of hydrogen-bond acceptors (Lipinski definition) is 4. The van der Waals surface area contributed by atoms with Crippen LogP contribution in [-0.2, 0) is 9.59 Å². The van der Waals surface area contributed by atoms with Crippen molar-refractivity contribution in [3.63, 3.8) is 0 Å². The number of carbonyl (C=O) groups excluding carboxylic acids is 1. The van der Waals surface area contributed by atoms with Crippen LogP contribution in [0.2, 0.25) is 0 Å². The third-order valence-electron chi connectivity index (χ3n) is 3.52. The van der Waals surface area contributed by atoms with E-state index in [1.807, 2.05) is 0 Å². The second kappa shape index (κ2) is 7.51. The zero-order valence-electron chi connectivity index (χ0n) is 11.6. The maximum atomic E-state index is 12.0. The largest absolute Gasteiger partial charge is 0.480 e. The Morgan fingerprint density at radius 2 is 2.05 bits per heavy atom. The molecule has 0 spiro atoms. The molecule has 1 aliphatic carbocycles. The van der Waals surface area contributed by atoms with Crippen LogP contribution < -0.4 is 5.32 Å². The fraction of sp³-hybridized carbons (Fsp3) is 0.500. The molecule has 0 atom stereocenters. The lowest BCUT2D eigenvalue weighted by molar-refractivity contribution is -0.139. The first-order valence-corrected chi connectivity index (χ1v) is 7.71. The SMILES string of the molecule is O=C(O)CN(CC(=O)Nc1ccc(Br)cn1)C1CCCC1. The average molecular weight is 356 g/mol. The number of halogens is 1. The lowest BCUT2D eigenvalue weighted by Gasteiger charge is -2.26. The molecule has 1 aromatic heterocycles. The van der Waals surface area contributed by atoms with E-state index in [0.717, 1.165) is 30.2 Å². The topological polar surface area (TPSA) is 82.5 Å². The van der Waals surface area contributed by atoms with Crippen molar-refractivity contribution in [3.8, 4) is 0 Å². The number of carboxylic acid groups (broad SMARTS) is 1. The van der Waals surface area contributed by atoms with Crippen molar-refractivity contribution >= 4 is 33.6 Å². The molecular formula is C14H18BrN3O3. The van der Waals surface area contributed by atoms with Crippen molar-refractivity contribution < 1.29 is 14.7 Å². The highest BCUT2D eigenvalue weighted by Crippen LogP contribution is 2.23. The highest BCUT2D eigenvalue weighted by molar-refractivity contribution is 9.10. The highest BCUT2D eigenvalue weighted by atomic mass is 79.9. The first-order chi connectivity index (χ1) is 10.0. The summed E-state index contributed by atoms with van der Waals surface area (Å²) in [5, 5.41) is 11.7. The number of nitrogens with zero attached hydrogens (tertiary/aromatic N) is 2. The van der Waals surface area contributed by atoms with E-state index in [1.54, 1.807) is 23.2 Å². The fourth-order valence-corrected chi connectivity index (χ4v) is 2.81. The van der Waals surface area contributed by atoms with Gasteiger partial charge in [0.15, 0.2) is 0 Å². The van der Waals surface area contributed by atoms with Gasteiger partial charge in [0, 0.05) is 16.7 Å². The Morgan fingerprint density at radius 3 is 2.62 bits per heavy atom. The van der Waals surface area contributed by atoms with E-state index in [0.29, 0.717) is 5.82 Å². The molecule has 114 valence electrons. The molecule has 2 rings (SSSR count). The summed E-state index contributed by atoms with van der Waals surface area (Å²) in [5.74, 6) is -0.681. The molecule has 0 bridgehead atoms. The third-order valence-corrected chi connectivity index (χ3v) is 3.99. The van der Waals surface area contributed by atoms with Gasteiger partial charge in [-0.1, -0.05) is 12.8 Å². The van der Waals surface area contributed by atoms with E-state index < -0.39 is 5.97 Å². The molecule has 0 unspecified atom stereocenters. The standard InChI is InChI=1S/C14H18BrN3O3/c15-10-5-6-12(16-7-10)17-13(19)8-18(9-14(20)21)11-3-1-2-4-11/h5-7,11H,1-4,8-9H2,(H,20,21)(H,16,17,19). The van der Waals surface area contributed by atoms with Gasteiger partial charge in [-0.25, -0.2) is 4.98 Å². The molecule has 21 heavy (non-hydrogen) atoms. The molecule has 1 saturated carbocycles. The van der Waals surface area contributed by atoms with Crippen molar-refractivity contribution in [1.82, 2.24) is 9.88 Å². The van der Waals surface area contributed by atoms with Crippen molar-refractivity contribution in [2.75, 3.05) is 18.4 Å².